The second kappa shape index (κ2) is 5.18. The van der Waals surface area contributed by atoms with Gasteiger partial charge in [0.15, 0.2) is 5.84 Å². The van der Waals surface area contributed by atoms with E-state index in [9.17, 15) is 0 Å². The third-order valence-electron chi connectivity index (χ3n) is 1.84. The van der Waals surface area contributed by atoms with Crippen molar-refractivity contribution in [3.8, 4) is 0 Å². The van der Waals surface area contributed by atoms with E-state index in [-0.39, 0.29) is 0 Å². The van der Waals surface area contributed by atoms with Gasteiger partial charge in [0.05, 0.1) is 10.6 Å². The van der Waals surface area contributed by atoms with Crippen molar-refractivity contribution >= 4 is 22.9 Å². The van der Waals surface area contributed by atoms with Crippen LogP contribution in [0.3, 0.4) is 0 Å². The molecule has 0 amide bonds. The second-order valence-electron chi connectivity index (χ2n) is 2.99. The molecule has 1 aromatic carbocycles. The minimum Gasteiger partial charge on any atom is -0.381 e. The van der Waals surface area contributed by atoms with Gasteiger partial charge in [-0.2, -0.15) is 0 Å². The monoisotopic (exact) mass is 230 g/mol. The van der Waals surface area contributed by atoms with Gasteiger partial charge in [-0.05, 0) is 28.8 Å². The molecule has 0 fully saturated rings. The van der Waals surface area contributed by atoms with Crippen molar-refractivity contribution in [3.05, 3.63) is 52.7 Å². The van der Waals surface area contributed by atoms with E-state index in [0.717, 1.165) is 10.6 Å². The van der Waals surface area contributed by atoms with Gasteiger partial charge < -0.3 is 5.73 Å². The highest BCUT2D eigenvalue weighted by Crippen LogP contribution is 2.11. The van der Waals surface area contributed by atoms with E-state index in [2.05, 4.69) is 15.4 Å². The maximum atomic E-state index is 5.71. The average molecular weight is 230 g/mol. The zero-order valence-electron chi connectivity index (χ0n) is 8.45. The average Bonchev–Trinajstić information content (AvgIpc) is 2.84. The molecule has 1 aromatic heterocycles. The first kappa shape index (κ1) is 10.5. The molecule has 0 saturated heterocycles. The van der Waals surface area contributed by atoms with Gasteiger partial charge in [-0.15, -0.1) is 21.6 Å². The van der Waals surface area contributed by atoms with Crippen LogP contribution >= 0.6 is 11.3 Å². The zero-order chi connectivity index (χ0) is 11.2. The fourth-order valence-corrected chi connectivity index (χ4v) is 1.71. The minimum absolute atomic E-state index is 0.384. The number of amidine groups is 1. The third-order valence-corrected chi connectivity index (χ3v) is 2.73. The van der Waals surface area contributed by atoms with Gasteiger partial charge in [-0.25, -0.2) is 0 Å². The molecule has 0 bridgehead atoms. The van der Waals surface area contributed by atoms with Gasteiger partial charge in [0.25, 0.3) is 0 Å². The van der Waals surface area contributed by atoms with Crippen LogP contribution in [0.5, 0.6) is 0 Å². The first-order chi connectivity index (χ1) is 7.86. The van der Waals surface area contributed by atoms with E-state index < -0.39 is 0 Å². The Labute approximate surface area is 97.1 Å². The summed E-state index contributed by atoms with van der Waals surface area (Å²) in [6, 6.07) is 13.2. The summed E-state index contributed by atoms with van der Waals surface area (Å²) in [4.78, 5) is 0.895. The quantitative estimate of drug-likeness (QED) is 0.374. The molecule has 4 nitrogen and oxygen atoms in total. The molecular weight excluding hydrogens is 220 g/mol. The fourth-order valence-electron chi connectivity index (χ4n) is 1.09. The van der Waals surface area contributed by atoms with Gasteiger partial charge in [0, 0.05) is 0 Å². The molecule has 0 radical (unpaired) electrons. The molecule has 0 spiro atoms. The summed E-state index contributed by atoms with van der Waals surface area (Å²) in [5, 5.41) is 13.4. The summed E-state index contributed by atoms with van der Waals surface area (Å²) in [6.45, 7) is 0. The van der Waals surface area contributed by atoms with Gasteiger partial charge >= 0.3 is 0 Å². The zero-order valence-corrected chi connectivity index (χ0v) is 9.26. The maximum absolute atomic E-state index is 5.71. The highest BCUT2D eigenvalue weighted by Gasteiger charge is 1.97. The van der Waals surface area contributed by atoms with Gasteiger partial charge in [0.1, 0.15) is 0 Å². The van der Waals surface area contributed by atoms with E-state index in [0.29, 0.717) is 5.84 Å². The van der Waals surface area contributed by atoms with Crippen LogP contribution in [0.1, 0.15) is 4.88 Å². The SMILES string of the molecule is N/C(=N\N=Nc1ccccc1)c1cccs1. The van der Waals surface area contributed by atoms with E-state index in [1.807, 2.05) is 47.8 Å². The molecule has 2 rings (SSSR count). The molecule has 2 aromatic rings. The van der Waals surface area contributed by atoms with Crippen LogP contribution in [0.25, 0.3) is 0 Å². The number of rotatable bonds is 3. The topological polar surface area (TPSA) is 63.1 Å². The van der Waals surface area contributed by atoms with Crippen LogP contribution in [0.4, 0.5) is 5.69 Å². The van der Waals surface area contributed by atoms with Crippen molar-refractivity contribution in [2.24, 2.45) is 21.2 Å². The summed E-state index contributed by atoms with van der Waals surface area (Å²) < 4.78 is 0. The second-order valence-corrected chi connectivity index (χ2v) is 3.94. The first-order valence-electron chi connectivity index (χ1n) is 4.69. The molecule has 0 aliphatic heterocycles. The fraction of sp³-hybridized carbons (Fsp3) is 0. The molecule has 0 aliphatic carbocycles. The maximum Gasteiger partial charge on any atom is 0.165 e. The standard InChI is InChI=1S/C11H10N4S/c12-11(10-7-4-8-16-10)14-15-13-9-5-2-1-3-6-9/h1-8H,(H2,12,13,14). The van der Waals surface area contributed by atoms with Crippen molar-refractivity contribution in [2.75, 3.05) is 0 Å². The van der Waals surface area contributed by atoms with Gasteiger partial charge in [0.2, 0.25) is 0 Å². The lowest BCUT2D eigenvalue weighted by molar-refractivity contribution is 1.05. The van der Waals surface area contributed by atoms with Crippen molar-refractivity contribution in [2.45, 2.75) is 0 Å². The van der Waals surface area contributed by atoms with E-state index in [4.69, 9.17) is 5.73 Å². The Kier molecular flexibility index (Phi) is 3.40. The summed E-state index contributed by atoms with van der Waals surface area (Å²) in [5.74, 6) is 0.384. The molecule has 0 atom stereocenters. The molecule has 5 heteroatoms. The van der Waals surface area contributed by atoms with Crippen molar-refractivity contribution in [3.63, 3.8) is 0 Å². The van der Waals surface area contributed by atoms with E-state index in [1.165, 1.54) is 11.3 Å². The molecular formula is C11H10N4S. The minimum atomic E-state index is 0.384. The Hall–Kier alpha value is -2.01. The normalized spacial score (nSPS) is 12.1. The van der Waals surface area contributed by atoms with Crippen LogP contribution in [-0.2, 0) is 0 Å². The Morgan fingerprint density at radius 1 is 1.06 bits per heavy atom. The van der Waals surface area contributed by atoms with E-state index in [1.54, 1.807) is 0 Å². The number of benzene rings is 1. The highest BCUT2D eigenvalue weighted by molar-refractivity contribution is 7.12. The predicted molar refractivity (Wildman–Crippen MR) is 66.0 cm³/mol. The van der Waals surface area contributed by atoms with Crippen LogP contribution < -0.4 is 5.73 Å². The number of nitrogens with two attached hydrogens (primary N) is 1. The number of hydrogen-bond donors (Lipinski definition) is 1. The molecule has 0 aliphatic rings. The largest absolute Gasteiger partial charge is 0.381 e. The van der Waals surface area contributed by atoms with Crippen LogP contribution in [-0.4, -0.2) is 5.84 Å². The van der Waals surface area contributed by atoms with Crippen molar-refractivity contribution in [1.29, 1.82) is 0 Å². The molecule has 2 N–H and O–H groups in total. The van der Waals surface area contributed by atoms with Crippen molar-refractivity contribution < 1.29 is 0 Å². The smallest absolute Gasteiger partial charge is 0.165 e. The molecule has 80 valence electrons. The van der Waals surface area contributed by atoms with Crippen LogP contribution in [0, 0.1) is 0 Å². The highest BCUT2D eigenvalue weighted by atomic mass is 32.1. The molecule has 0 unspecified atom stereocenters. The lowest BCUT2D eigenvalue weighted by atomic mass is 10.3. The van der Waals surface area contributed by atoms with Gasteiger partial charge in [-0.3, -0.25) is 0 Å². The Balaban J connectivity index is 2.07. The van der Waals surface area contributed by atoms with Crippen LogP contribution in [0.15, 0.2) is 63.3 Å². The molecule has 16 heavy (non-hydrogen) atoms. The number of hydrogen-bond acceptors (Lipinski definition) is 3. The lowest BCUT2D eigenvalue weighted by Gasteiger charge is -1.91. The summed E-state index contributed by atoms with van der Waals surface area (Å²) in [7, 11) is 0. The summed E-state index contributed by atoms with van der Waals surface area (Å²) >= 11 is 1.52. The van der Waals surface area contributed by atoms with E-state index >= 15 is 0 Å². The van der Waals surface area contributed by atoms with Crippen LogP contribution in [0.2, 0.25) is 0 Å². The number of nitrogens with zero attached hydrogens (tertiary/aromatic N) is 3. The molecule has 1 heterocycles. The predicted octanol–water partition coefficient (Wildman–Crippen LogP) is 3.15. The Bertz CT molecular complexity index is 488. The summed E-state index contributed by atoms with van der Waals surface area (Å²) in [6.07, 6.45) is 0. The Morgan fingerprint density at radius 2 is 1.88 bits per heavy atom. The lowest BCUT2D eigenvalue weighted by Crippen LogP contribution is -2.10. The number of thiophene rings is 1. The van der Waals surface area contributed by atoms with Gasteiger partial charge in [-0.1, -0.05) is 24.3 Å². The molecule has 0 saturated carbocycles. The Morgan fingerprint density at radius 3 is 2.56 bits per heavy atom. The summed E-state index contributed by atoms with van der Waals surface area (Å²) in [5.41, 5.74) is 6.47. The van der Waals surface area contributed by atoms with Crippen molar-refractivity contribution in [1.82, 2.24) is 0 Å². The first-order valence-corrected chi connectivity index (χ1v) is 5.57. The third kappa shape index (κ3) is 2.74.